The molecule has 4 heterocycles. The van der Waals surface area contributed by atoms with Crippen LogP contribution in [0.5, 0.6) is 11.5 Å². The summed E-state index contributed by atoms with van der Waals surface area (Å²) >= 11 is 6.53. The highest BCUT2D eigenvalue weighted by Crippen LogP contribution is 2.47. The van der Waals surface area contributed by atoms with E-state index < -0.39 is 0 Å². The van der Waals surface area contributed by atoms with Crippen LogP contribution in [-0.2, 0) is 19.4 Å². The SMILES string of the molecule is COc1ccc2nccc(-c3cc(Cl)cc4c3OC(c3onc5c3CNCC5)C4)c2c1. The Bertz CT molecular complexity index is 1320. The van der Waals surface area contributed by atoms with Crippen molar-refractivity contribution < 1.29 is 14.0 Å². The third kappa shape index (κ3) is 3.06. The molecule has 6 nitrogen and oxygen atoms in total. The number of hydrogen-bond donors (Lipinski definition) is 1. The van der Waals surface area contributed by atoms with Crippen molar-refractivity contribution in [2.24, 2.45) is 0 Å². The largest absolute Gasteiger partial charge is 0.497 e. The van der Waals surface area contributed by atoms with Gasteiger partial charge < -0.3 is 19.3 Å². The summed E-state index contributed by atoms with van der Waals surface area (Å²) in [4.78, 5) is 4.50. The molecule has 0 radical (unpaired) electrons. The normalized spacial score (nSPS) is 17.3. The summed E-state index contributed by atoms with van der Waals surface area (Å²) in [5, 5.41) is 9.33. The Balaban J connectivity index is 1.47. The Hall–Kier alpha value is -3.09. The lowest BCUT2D eigenvalue weighted by Crippen LogP contribution is -2.24. The molecule has 2 aromatic heterocycles. The lowest BCUT2D eigenvalue weighted by Gasteiger charge is -2.15. The number of halogens is 1. The van der Waals surface area contributed by atoms with E-state index in [2.05, 4.69) is 15.5 Å². The smallest absolute Gasteiger partial charge is 0.182 e. The first-order valence-electron chi connectivity index (χ1n) is 10.3. The van der Waals surface area contributed by atoms with Gasteiger partial charge in [0.1, 0.15) is 11.5 Å². The van der Waals surface area contributed by atoms with Crippen LogP contribution >= 0.6 is 11.6 Å². The predicted molar refractivity (Wildman–Crippen MR) is 118 cm³/mol. The number of pyridine rings is 1. The summed E-state index contributed by atoms with van der Waals surface area (Å²) in [5.41, 5.74) is 6.04. The molecule has 2 aliphatic heterocycles. The molecule has 4 aromatic rings. The Kier molecular flexibility index (Phi) is 4.37. The summed E-state index contributed by atoms with van der Waals surface area (Å²) in [5.74, 6) is 2.42. The zero-order valence-corrected chi connectivity index (χ0v) is 17.7. The molecular formula is C24H20ClN3O3. The molecule has 0 amide bonds. The summed E-state index contributed by atoms with van der Waals surface area (Å²) in [6.07, 6.45) is 3.16. The van der Waals surface area contributed by atoms with Gasteiger partial charge in [0.2, 0.25) is 0 Å². The van der Waals surface area contributed by atoms with E-state index in [1.807, 2.05) is 42.6 Å². The van der Waals surface area contributed by atoms with Gasteiger partial charge >= 0.3 is 0 Å². The van der Waals surface area contributed by atoms with Gasteiger partial charge in [-0.3, -0.25) is 4.98 Å². The number of aromatic nitrogens is 2. The number of fused-ring (bicyclic) bond motifs is 3. The minimum Gasteiger partial charge on any atom is -0.497 e. The van der Waals surface area contributed by atoms with Gasteiger partial charge in [0.05, 0.1) is 18.3 Å². The zero-order valence-electron chi connectivity index (χ0n) is 16.9. The van der Waals surface area contributed by atoms with E-state index in [4.69, 9.17) is 25.6 Å². The average Bonchev–Trinajstić information content (AvgIpc) is 3.41. The second-order valence-electron chi connectivity index (χ2n) is 7.89. The van der Waals surface area contributed by atoms with Crippen molar-refractivity contribution in [3.8, 4) is 22.6 Å². The minimum atomic E-state index is -0.217. The zero-order chi connectivity index (χ0) is 20.9. The van der Waals surface area contributed by atoms with E-state index in [1.165, 1.54) is 0 Å². The molecule has 0 saturated heterocycles. The van der Waals surface area contributed by atoms with Crippen LogP contribution < -0.4 is 14.8 Å². The molecule has 2 aromatic carbocycles. The Morgan fingerprint density at radius 2 is 2.10 bits per heavy atom. The number of ether oxygens (including phenoxy) is 2. The fourth-order valence-corrected chi connectivity index (χ4v) is 4.81. The van der Waals surface area contributed by atoms with Crippen molar-refractivity contribution in [1.82, 2.24) is 15.5 Å². The number of methoxy groups -OCH3 is 1. The molecule has 31 heavy (non-hydrogen) atoms. The molecule has 156 valence electrons. The molecule has 6 rings (SSSR count). The van der Waals surface area contributed by atoms with E-state index in [-0.39, 0.29) is 6.10 Å². The van der Waals surface area contributed by atoms with Crippen molar-refractivity contribution in [2.75, 3.05) is 13.7 Å². The monoisotopic (exact) mass is 433 g/mol. The maximum absolute atomic E-state index is 6.53. The highest BCUT2D eigenvalue weighted by atomic mass is 35.5. The fraction of sp³-hybridized carbons (Fsp3) is 0.250. The first-order valence-corrected chi connectivity index (χ1v) is 10.7. The summed E-state index contributed by atoms with van der Waals surface area (Å²) < 4.78 is 17.7. The molecule has 0 aliphatic carbocycles. The number of rotatable bonds is 3. The first kappa shape index (κ1) is 18.7. The minimum absolute atomic E-state index is 0.217. The highest BCUT2D eigenvalue weighted by Gasteiger charge is 2.34. The molecule has 0 fully saturated rings. The van der Waals surface area contributed by atoms with Crippen molar-refractivity contribution in [1.29, 1.82) is 0 Å². The van der Waals surface area contributed by atoms with Gasteiger partial charge in [-0.25, -0.2) is 0 Å². The van der Waals surface area contributed by atoms with Crippen LogP contribution in [0.1, 0.15) is 28.7 Å². The standard InChI is InChI=1S/C24H20ClN3O3/c1-29-15-2-3-20-17(11-15)16(4-7-27-20)18-10-14(25)8-13-9-22(30-23(13)18)24-19-12-26-6-5-21(19)28-31-24/h2-4,7-8,10-11,22,26H,5-6,9,12H2,1H3. The first-order chi connectivity index (χ1) is 15.2. The highest BCUT2D eigenvalue weighted by molar-refractivity contribution is 6.31. The summed E-state index contributed by atoms with van der Waals surface area (Å²) in [6.45, 7) is 1.68. The number of nitrogens with one attached hydrogen (secondary N) is 1. The molecule has 0 saturated carbocycles. The van der Waals surface area contributed by atoms with Gasteiger partial charge in [-0.05, 0) is 42.0 Å². The molecule has 0 bridgehead atoms. The van der Waals surface area contributed by atoms with Gasteiger partial charge in [-0.2, -0.15) is 0 Å². The molecule has 1 atom stereocenters. The molecule has 1 unspecified atom stereocenters. The third-order valence-electron chi connectivity index (χ3n) is 6.07. The Morgan fingerprint density at radius 1 is 1.16 bits per heavy atom. The topological polar surface area (TPSA) is 69.4 Å². The van der Waals surface area contributed by atoms with Gasteiger partial charge in [0.25, 0.3) is 0 Å². The number of benzene rings is 2. The van der Waals surface area contributed by atoms with Crippen LogP contribution in [0.2, 0.25) is 5.02 Å². The summed E-state index contributed by atoms with van der Waals surface area (Å²) in [6, 6.07) is 11.8. The molecule has 0 spiro atoms. The van der Waals surface area contributed by atoms with Crippen LogP contribution in [0.15, 0.2) is 47.1 Å². The average molecular weight is 434 g/mol. The second-order valence-corrected chi connectivity index (χ2v) is 8.33. The van der Waals surface area contributed by atoms with Gasteiger partial charge in [0.15, 0.2) is 11.9 Å². The van der Waals surface area contributed by atoms with Crippen LogP contribution in [0.25, 0.3) is 22.0 Å². The van der Waals surface area contributed by atoms with Gasteiger partial charge in [0, 0.05) is 59.2 Å². The van der Waals surface area contributed by atoms with Gasteiger partial charge in [-0.15, -0.1) is 0 Å². The number of hydrogen-bond acceptors (Lipinski definition) is 6. The quantitative estimate of drug-likeness (QED) is 0.497. The molecule has 7 heteroatoms. The fourth-order valence-electron chi connectivity index (χ4n) is 4.57. The maximum Gasteiger partial charge on any atom is 0.182 e. The maximum atomic E-state index is 6.53. The van der Waals surface area contributed by atoms with Crippen LogP contribution in [0.4, 0.5) is 0 Å². The molecule has 1 N–H and O–H groups in total. The second kappa shape index (κ2) is 7.25. The van der Waals surface area contributed by atoms with Crippen molar-refractivity contribution >= 4 is 22.5 Å². The predicted octanol–water partition coefficient (Wildman–Crippen LogP) is 4.87. The van der Waals surface area contributed by atoms with Crippen LogP contribution in [0.3, 0.4) is 0 Å². The van der Waals surface area contributed by atoms with Gasteiger partial charge in [-0.1, -0.05) is 16.8 Å². The number of nitrogens with zero attached hydrogens (tertiary/aromatic N) is 2. The van der Waals surface area contributed by atoms with Crippen molar-refractivity contribution in [3.63, 3.8) is 0 Å². The van der Waals surface area contributed by atoms with Crippen LogP contribution in [-0.4, -0.2) is 23.8 Å². The van der Waals surface area contributed by atoms with Crippen LogP contribution in [0, 0.1) is 0 Å². The Labute approximate surface area is 184 Å². The van der Waals surface area contributed by atoms with E-state index in [0.29, 0.717) is 11.4 Å². The van der Waals surface area contributed by atoms with Crippen molar-refractivity contribution in [3.05, 3.63) is 70.2 Å². The lowest BCUT2D eigenvalue weighted by molar-refractivity contribution is 0.189. The van der Waals surface area contributed by atoms with Crippen molar-refractivity contribution in [2.45, 2.75) is 25.5 Å². The Morgan fingerprint density at radius 3 is 3.00 bits per heavy atom. The van der Waals surface area contributed by atoms with E-state index >= 15 is 0 Å². The molecular weight excluding hydrogens is 414 g/mol. The summed E-state index contributed by atoms with van der Waals surface area (Å²) in [7, 11) is 1.66. The third-order valence-corrected chi connectivity index (χ3v) is 6.29. The lowest BCUT2D eigenvalue weighted by atomic mass is 9.97. The van der Waals surface area contributed by atoms with E-state index in [9.17, 15) is 0 Å². The van der Waals surface area contributed by atoms with E-state index in [1.54, 1.807) is 7.11 Å². The van der Waals surface area contributed by atoms with E-state index in [0.717, 1.165) is 75.6 Å². The molecule has 2 aliphatic rings.